The third-order valence-corrected chi connectivity index (χ3v) is 6.33. The van der Waals surface area contributed by atoms with E-state index < -0.39 is 35.7 Å². The number of halogens is 3. The van der Waals surface area contributed by atoms with Crippen LogP contribution in [0.5, 0.6) is 0 Å². The number of anilines is 2. The van der Waals surface area contributed by atoms with E-state index in [1.807, 2.05) is 30.3 Å². The summed E-state index contributed by atoms with van der Waals surface area (Å²) < 4.78 is 45.9. The molecule has 0 aliphatic carbocycles. The third-order valence-electron chi connectivity index (χ3n) is 6.33. The first-order chi connectivity index (χ1) is 20.5. The van der Waals surface area contributed by atoms with E-state index in [-0.39, 0.29) is 24.5 Å². The van der Waals surface area contributed by atoms with Gasteiger partial charge in [0, 0.05) is 30.4 Å². The number of nitrogens with one attached hydrogen (secondary N) is 4. The summed E-state index contributed by atoms with van der Waals surface area (Å²) in [5.41, 5.74) is 0.756. The molecule has 3 aromatic rings. The summed E-state index contributed by atoms with van der Waals surface area (Å²) in [6.45, 7) is 0.257. The number of ether oxygens (including phenoxy) is 1. The number of amides is 1. The van der Waals surface area contributed by atoms with E-state index in [0.717, 1.165) is 6.07 Å². The zero-order chi connectivity index (χ0) is 31.1. The van der Waals surface area contributed by atoms with E-state index in [1.54, 1.807) is 43.3 Å². The number of alkyl halides is 3. The fourth-order valence-electron chi connectivity index (χ4n) is 4.23. The molecule has 0 spiro atoms. The quantitative estimate of drug-likeness (QED) is 0.169. The van der Waals surface area contributed by atoms with Crippen molar-refractivity contribution in [2.45, 2.75) is 12.3 Å². The highest BCUT2D eigenvalue weighted by atomic mass is 19.4. The van der Waals surface area contributed by atoms with Gasteiger partial charge >= 0.3 is 6.18 Å². The van der Waals surface area contributed by atoms with E-state index in [2.05, 4.69) is 20.6 Å². The zero-order valence-electron chi connectivity index (χ0n) is 23.3. The molecule has 0 saturated heterocycles. The predicted molar refractivity (Wildman–Crippen MR) is 156 cm³/mol. The standard InChI is InChI=1S/C29H29F3N8O3/c1-39(2)12-13-40(14-15-41)22-16-19(29(30,31)32)17-35-24(22)25(33)43-28(34)38-26-27(42)36-21-11-7-6-10-20(21)23(37-26)18-8-4-3-5-9-18/h3-11,15-17,26,33H,12-14H2,1-2H3,(H2,34,38)(H,36,42). The molecule has 1 aliphatic heterocycles. The normalized spacial score (nSPS) is 14.6. The maximum atomic E-state index is 13.5. The molecule has 11 nitrogen and oxygen atoms in total. The molecule has 1 aliphatic rings. The Labute approximate surface area is 245 Å². The van der Waals surface area contributed by atoms with Crippen LogP contribution in [-0.4, -0.2) is 79.6 Å². The Kier molecular flexibility index (Phi) is 9.50. The number of aromatic nitrogens is 1. The van der Waals surface area contributed by atoms with Gasteiger partial charge in [-0.3, -0.25) is 15.6 Å². The minimum Gasteiger partial charge on any atom is -0.405 e. The first-order valence-corrected chi connectivity index (χ1v) is 13.0. The van der Waals surface area contributed by atoms with Crippen molar-refractivity contribution in [1.82, 2.24) is 15.2 Å². The number of pyridine rings is 1. The summed E-state index contributed by atoms with van der Waals surface area (Å²) in [5, 5.41) is 22.1. The number of nitrogens with zero attached hydrogens (tertiary/aromatic N) is 4. The van der Waals surface area contributed by atoms with E-state index in [0.29, 0.717) is 41.6 Å². The van der Waals surface area contributed by atoms with Gasteiger partial charge in [-0.05, 0) is 26.2 Å². The van der Waals surface area contributed by atoms with Crippen LogP contribution in [0.2, 0.25) is 0 Å². The second kappa shape index (κ2) is 13.2. The van der Waals surface area contributed by atoms with Crippen molar-refractivity contribution in [1.29, 1.82) is 10.8 Å². The number of para-hydroxylation sites is 1. The fraction of sp³-hybridized carbons (Fsp3) is 0.241. The van der Waals surface area contributed by atoms with E-state index in [4.69, 9.17) is 15.6 Å². The molecule has 0 bridgehead atoms. The van der Waals surface area contributed by atoms with E-state index in [9.17, 15) is 22.8 Å². The van der Waals surface area contributed by atoms with Crippen molar-refractivity contribution in [3.05, 3.63) is 89.2 Å². The topological polar surface area (TPSA) is 147 Å². The van der Waals surface area contributed by atoms with Crippen LogP contribution in [0.1, 0.15) is 22.4 Å². The zero-order valence-corrected chi connectivity index (χ0v) is 23.3. The molecular weight excluding hydrogens is 565 g/mol. The Hall–Kier alpha value is -5.11. The molecule has 1 atom stereocenters. The Morgan fingerprint density at radius 2 is 1.79 bits per heavy atom. The molecule has 4 rings (SSSR count). The van der Waals surface area contributed by atoms with Crippen LogP contribution < -0.4 is 15.5 Å². The maximum absolute atomic E-state index is 13.5. The highest BCUT2D eigenvalue weighted by Gasteiger charge is 2.33. The molecule has 0 radical (unpaired) electrons. The molecule has 43 heavy (non-hydrogen) atoms. The molecule has 2 heterocycles. The Bertz CT molecular complexity index is 1540. The van der Waals surface area contributed by atoms with Gasteiger partial charge in [0.1, 0.15) is 12.0 Å². The van der Waals surface area contributed by atoms with Gasteiger partial charge in [-0.15, -0.1) is 0 Å². The molecule has 0 saturated carbocycles. The third kappa shape index (κ3) is 7.60. The van der Waals surface area contributed by atoms with Crippen molar-refractivity contribution < 1.29 is 27.5 Å². The van der Waals surface area contributed by atoms with Gasteiger partial charge in [0.05, 0.1) is 29.2 Å². The number of hydrogen-bond acceptors (Lipinski definition) is 9. The summed E-state index contributed by atoms with van der Waals surface area (Å²) in [6, 6.07) is 16.2. The molecule has 1 unspecified atom stereocenters. The lowest BCUT2D eigenvalue weighted by atomic mass is 10.0. The fourth-order valence-corrected chi connectivity index (χ4v) is 4.23. The predicted octanol–water partition coefficient (Wildman–Crippen LogP) is 3.35. The van der Waals surface area contributed by atoms with Crippen LogP contribution in [0.4, 0.5) is 24.5 Å². The molecule has 2 aromatic carbocycles. The number of benzene rings is 2. The van der Waals surface area contributed by atoms with Gasteiger partial charge in [-0.25, -0.2) is 9.98 Å². The number of aliphatic imine (C=N–C) groups is 1. The Balaban J connectivity index is 1.62. The second-order valence-electron chi connectivity index (χ2n) is 9.69. The number of aldehydes is 1. The van der Waals surface area contributed by atoms with Crippen LogP contribution in [0.15, 0.2) is 71.9 Å². The number of rotatable bonds is 9. The SMILES string of the molecule is CN(C)CCN(CC=O)c1cc(C(F)(F)F)cnc1C(=N)OC(=N)NC1N=C(c2ccccc2)c2ccccc2NC1=O. The maximum Gasteiger partial charge on any atom is 0.417 e. The number of fused-ring (bicyclic) bond motifs is 1. The molecule has 4 N–H and O–H groups in total. The van der Waals surface area contributed by atoms with Crippen molar-refractivity contribution in [3.63, 3.8) is 0 Å². The van der Waals surface area contributed by atoms with Gasteiger partial charge < -0.3 is 30.0 Å². The highest BCUT2D eigenvalue weighted by molar-refractivity contribution is 6.19. The van der Waals surface area contributed by atoms with Crippen molar-refractivity contribution in [2.75, 3.05) is 43.9 Å². The summed E-state index contributed by atoms with van der Waals surface area (Å²) >= 11 is 0. The number of carbonyl (C=O) groups is 2. The molecule has 14 heteroatoms. The molecular formula is C29H29F3N8O3. The first kappa shape index (κ1) is 30.8. The van der Waals surface area contributed by atoms with Crippen LogP contribution >= 0.6 is 0 Å². The number of hydrogen-bond donors (Lipinski definition) is 4. The molecule has 1 amide bonds. The lowest BCUT2D eigenvalue weighted by Gasteiger charge is -2.27. The molecule has 1 aromatic heterocycles. The molecule has 0 fully saturated rings. The monoisotopic (exact) mass is 594 g/mol. The molecule has 224 valence electrons. The van der Waals surface area contributed by atoms with Crippen LogP contribution in [0.3, 0.4) is 0 Å². The van der Waals surface area contributed by atoms with Gasteiger partial charge in [0.15, 0.2) is 0 Å². The smallest absolute Gasteiger partial charge is 0.405 e. The van der Waals surface area contributed by atoms with E-state index >= 15 is 0 Å². The van der Waals surface area contributed by atoms with Crippen molar-refractivity contribution in [3.8, 4) is 0 Å². The van der Waals surface area contributed by atoms with Gasteiger partial charge in [-0.1, -0.05) is 48.5 Å². The number of likely N-dealkylation sites (N-methyl/N-ethyl adjacent to an activating group) is 1. The minimum atomic E-state index is -4.73. The Morgan fingerprint density at radius 1 is 1.09 bits per heavy atom. The average Bonchev–Trinajstić information content (AvgIpc) is 3.10. The minimum absolute atomic E-state index is 0.143. The van der Waals surface area contributed by atoms with Crippen LogP contribution in [-0.2, 0) is 20.5 Å². The lowest BCUT2D eigenvalue weighted by molar-refractivity contribution is -0.137. The van der Waals surface area contributed by atoms with Crippen LogP contribution in [0.25, 0.3) is 0 Å². The first-order valence-electron chi connectivity index (χ1n) is 13.0. The summed E-state index contributed by atoms with van der Waals surface area (Å²) in [7, 11) is 3.52. The van der Waals surface area contributed by atoms with Gasteiger partial charge in [0.2, 0.25) is 12.1 Å². The number of benzodiazepines with no additional fused rings is 1. The Morgan fingerprint density at radius 3 is 2.47 bits per heavy atom. The number of carbonyl (C=O) groups excluding carboxylic acids is 2. The lowest BCUT2D eigenvalue weighted by Crippen LogP contribution is -2.43. The van der Waals surface area contributed by atoms with Crippen molar-refractivity contribution in [2.24, 2.45) is 4.99 Å². The highest BCUT2D eigenvalue weighted by Crippen LogP contribution is 2.33. The largest absolute Gasteiger partial charge is 0.417 e. The summed E-state index contributed by atoms with van der Waals surface area (Å²) in [6.07, 6.45) is -5.01. The summed E-state index contributed by atoms with van der Waals surface area (Å²) in [5.74, 6) is -1.38. The summed E-state index contributed by atoms with van der Waals surface area (Å²) in [4.78, 5) is 35.9. The van der Waals surface area contributed by atoms with Crippen molar-refractivity contribution >= 4 is 41.2 Å². The number of amidine groups is 1. The van der Waals surface area contributed by atoms with Crippen LogP contribution in [0, 0.1) is 10.8 Å². The average molecular weight is 595 g/mol. The van der Waals surface area contributed by atoms with E-state index in [1.165, 1.54) is 4.90 Å². The second-order valence-corrected chi connectivity index (χ2v) is 9.69. The van der Waals surface area contributed by atoms with Gasteiger partial charge in [0.25, 0.3) is 11.9 Å². The van der Waals surface area contributed by atoms with Gasteiger partial charge in [-0.2, -0.15) is 13.2 Å².